The van der Waals surface area contributed by atoms with E-state index >= 15 is 0 Å². The minimum Gasteiger partial charge on any atom is -0.337 e. The van der Waals surface area contributed by atoms with Crippen molar-refractivity contribution in [3.63, 3.8) is 0 Å². The Labute approximate surface area is 169 Å². The second-order valence-electron chi connectivity index (χ2n) is 7.21. The Morgan fingerprint density at radius 2 is 1.96 bits per heavy atom. The second kappa shape index (κ2) is 8.67. The molecule has 0 spiro atoms. The predicted octanol–water partition coefficient (Wildman–Crippen LogP) is 3.04. The van der Waals surface area contributed by atoms with E-state index in [1.54, 1.807) is 5.51 Å². The molecule has 1 aliphatic rings. The smallest absolute Gasteiger partial charge is 0.265 e. The van der Waals surface area contributed by atoms with Crippen LogP contribution in [0.2, 0.25) is 0 Å². The molecule has 3 heterocycles. The van der Waals surface area contributed by atoms with Gasteiger partial charge in [-0.25, -0.2) is 4.98 Å². The lowest BCUT2D eigenvalue weighted by Crippen LogP contribution is -2.35. The minimum absolute atomic E-state index is 0.128. The van der Waals surface area contributed by atoms with Gasteiger partial charge in [0, 0.05) is 45.1 Å². The molecular formula is C21H25N5OS. The first-order chi connectivity index (χ1) is 13.7. The lowest BCUT2D eigenvalue weighted by atomic mass is 10.1. The average molecular weight is 396 g/mol. The maximum absolute atomic E-state index is 12.8. The Morgan fingerprint density at radius 3 is 2.71 bits per heavy atom. The van der Waals surface area contributed by atoms with Crippen molar-refractivity contribution in [3.8, 4) is 0 Å². The zero-order valence-corrected chi connectivity index (χ0v) is 16.9. The standard InChI is InChI=1S/C21H25N5OS/c1-17-20(28-16-22-17)21(27)25-9-4-8-24(11-12-25)14-18-5-2-6-19(13-18)15-26-10-3-7-23-26/h2-3,5-7,10,13,16H,4,8-9,11-12,14-15H2,1H3. The zero-order chi connectivity index (χ0) is 19.3. The van der Waals surface area contributed by atoms with E-state index in [0.717, 1.165) is 56.3 Å². The van der Waals surface area contributed by atoms with Crippen molar-refractivity contribution in [1.82, 2.24) is 24.6 Å². The van der Waals surface area contributed by atoms with Crippen molar-refractivity contribution in [2.45, 2.75) is 26.4 Å². The first-order valence-corrected chi connectivity index (χ1v) is 10.5. The number of aryl methyl sites for hydroxylation is 1. The van der Waals surface area contributed by atoms with Crippen LogP contribution in [0.1, 0.15) is 32.9 Å². The summed E-state index contributed by atoms with van der Waals surface area (Å²) in [6.45, 7) is 7.09. The van der Waals surface area contributed by atoms with Crippen molar-refractivity contribution in [2.24, 2.45) is 0 Å². The third-order valence-electron chi connectivity index (χ3n) is 5.12. The van der Waals surface area contributed by atoms with Gasteiger partial charge in [-0.05, 0) is 30.5 Å². The van der Waals surface area contributed by atoms with E-state index in [9.17, 15) is 4.79 Å². The number of hydrogen-bond donors (Lipinski definition) is 0. The van der Waals surface area contributed by atoms with Gasteiger partial charge >= 0.3 is 0 Å². The van der Waals surface area contributed by atoms with Crippen LogP contribution in [0.5, 0.6) is 0 Å². The molecule has 1 aliphatic heterocycles. The fraction of sp³-hybridized carbons (Fsp3) is 0.381. The molecule has 0 radical (unpaired) electrons. The second-order valence-corrected chi connectivity index (χ2v) is 8.07. The number of hydrogen-bond acceptors (Lipinski definition) is 5. The molecule has 0 bridgehead atoms. The minimum atomic E-state index is 0.128. The number of benzene rings is 1. The van der Waals surface area contributed by atoms with Gasteiger partial charge in [0.1, 0.15) is 4.88 Å². The van der Waals surface area contributed by atoms with Crippen molar-refractivity contribution in [1.29, 1.82) is 0 Å². The van der Waals surface area contributed by atoms with E-state index in [2.05, 4.69) is 39.2 Å². The van der Waals surface area contributed by atoms with Crippen LogP contribution in [-0.2, 0) is 13.1 Å². The van der Waals surface area contributed by atoms with Crippen LogP contribution in [0.3, 0.4) is 0 Å². The molecule has 0 N–H and O–H groups in total. The first-order valence-electron chi connectivity index (χ1n) is 9.66. The molecule has 2 aromatic heterocycles. The van der Waals surface area contributed by atoms with E-state index in [4.69, 9.17) is 0 Å². The summed E-state index contributed by atoms with van der Waals surface area (Å²) >= 11 is 1.44. The number of carbonyl (C=O) groups is 1. The third-order valence-corrected chi connectivity index (χ3v) is 6.03. The molecule has 7 heteroatoms. The number of thiazole rings is 1. The van der Waals surface area contributed by atoms with Gasteiger partial charge in [-0.2, -0.15) is 5.10 Å². The summed E-state index contributed by atoms with van der Waals surface area (Å²) in [4.78, 5) is 22.2. The number of rotatable bonds is 5. The number of aromatic nitrogens is 3. The van der Waals surface area contributed by atoms with Gasteiger partial charge in [0.25, 0.3) is 5.91 Å². The molecule has 1 fully saturated rings. The summed E-state index contributed by atoms with van der Waals surface area (Å²) < 4.78 is 1.94. The maximum atomic E-state index is 12.8. The summed E-state index contributed by atoms with van der Waals surface area (Å²) in [6, 6.07) is 10.7. The number of carbonyl (C=O) groups excluding carboxylic acids is 1. The van der Waals surface area contributed by atoms with Crippen LogP contribution in [0.4, 0.5) is 0 Å². The van der Waals surface area contributed by atoms with Crippen LogP contribution < -0.4 is 0 Å². The van der Waals surface area contributed by atoms with Crippen LogP contribution >= 0.6 is 11.3 Å². The summed E-state index contributed by atoms with van der Waals surface area (Å²) in [5, 5.41) is 4.29. The summed E-state index contributed by atoms with van der Waals surface area (Å²) in [6.07, 6.45) is 4.79. The Kier molecular flexibility index (Phi) is 5.83. The molecule has 0 saturated carbocycles. The lowest BCUT2D eigenvalue weighted by molar-refractivity contribution is 0.0765. The average Bonchev–Trinajstić information content (AvgIpc) is 3.29. The Hall–Kier alpha value is -2.51. The van der Waals surface area contributed by atoms with Crippen LogP contribution in [0.25, 0.3) is 0 Å². The summed E-state index contributed by atoms with van der Waals surface area (Å²) in [5.41, 5.74) is 5.16. The van der Waals surface area contributed by atoms with Gasteiger partial charge in [0.05, 0.1) is 17.7 Å². The van der Waals surface area contributed by atoms with E-state index in [0.29, 0.717) is 0 Å². The maximum Gasteiger partial charge on any atom is 0.265 e. The summed E-state index contributed by atoms with van der Waals surface area (Å²) in [5.74, 6) is 0.128. The van der Waals surface area contributed by atoms with E-state index in [1.165, 1.54) is 22.5 Å². The Morgan fingerprint density at radius 1 is 1.11 bits per heavy atom. The molecule has 146 valence electrons. The molecule has 1 saturated heterocycles. The molecule has 28 heavy (non-hydrogen) atoms. The van der Waals surface area contributed by atoms with Gasteiger partial charge in [0.2, 0.25) is 0 Å². The first kappa shape index (κ1) is 18.8. The predicted molar refractivity (Wildman–Crippen MR) is 110 cm³/mol. The molecular weight excluding hydrogens is 370 g/mol. The largest absolute Gasteiger partial charge is 0.337 e. The van der Waals surface area contributed by atoms with Gasteiger partial charge in [-0.1, -0.05) is 24.3 Å². The fourth-order valence-electron chi connectivity index (χ4n) is 3.65. The van der Waals surface area contributed by atoms with E-state index < -0.39 is 0 Å². The highest BCUT2D eigenvalue weighted by Crippen LogP contribution is 2.17. The summed E-state index contributed by atoms with van der Waals surface area (Å²) in [7, 11) is 0. The van der Waals surface area contributed by atoms with E-state index in [-0.39, 0.29) is 5.91 Å². The van der Waals surface area contributed by atoms with Gasteiger partial charge < -0.3 is 4.90 Å². The van der Waals surface area contributed by atoms with Crippen molar-refractivity contribution < 1.29 is 4.79 Å². The zero-order valence-electron chi connectivity index (χ0n) is 16.1. The normalized spacial score (nSPS) is 15.5. The van der Waals surface area contributed by atoms with Crippen LogP contribution in [0.15, 0.2) is 48.2 Å². The SMILES string of the molecule is Cc1ncsc1C(=O)N1CCCN(Cc2cccc(Cn3cccn3)c2)CC1. The highest BCUT2D eigenvalue weighted by molar-refractivity contribution is 7.11. The van der Waals surface area contributed by atoms with Gasteiger partial charge in [0.15, 0.2) is 0 Å². The monoisotopic (exact) mass is 395 g/mol. The highest BCUT2D eigenvalue weighted by atomic mass is 32.1. The van der Waals surface area contributed by atoms with E-state index in [1.807, 2.05) is 35.0 Å². The van der Waals surface area contributed by atoms with Crippen LogP contribution in [0, 0.1) is 6.92 Å². The molecule has 3 aromatic rings. The van der Waals surface area contributed by atoms with Gasteiger partial charge in [-0.15, -0.1) is 11.3 Å². The van der Waals surface area contributed by atoms with Crippen molar-refractivity contribution in [3.05, 3.63) is 69.9 Å². The molecule has 6 nitrogen and oxygen atoms in total. The molecule has 1 amide bonds. The molecule has 1 aromatic carbocycles. The quantitative estimate of drug-likeness (QED) is 0.666. The number of amides is 1. The molecule has 0 unspecified atom stereocenters. The highest BCUT2D eigenvalue weighted by Gasteiger charge is 2.22. The topological polar surface area (TPSA) is 54.3 Å². The van der Waals surface area contributed by atoms with Crippen LogP contribution in [-0.4, -0.2) is 56.7 Å². The fourth-order valence-corrected chi connectivity index (χ4v) is 4.42. The Bertz CT molecular complexity index is 921. The Balaban J connectivity index is 1.36. The molecule has 4 rings (SSSR count). The van der Waals surface area contributed by atoms with Gasteiger partial charge in [-0.3, -0.25) is 14.4 Å². The lowest BCUT2D eigenvalue weighted by Gasteiger charge is -2.22. The molecule has 0 aliphatic carbocycles. The van der Waals surface area contributed by atoms with Crippen molar-refractivity contribution >= 4 is 17.2 Å². The molecule has 0 atom stereocenters. The van der Waals surface area contributed by atoms with Crippen molar-refractivity contribution in [2.75, 3.05) is 26.2 Å². The number of nitrogens with zero attached hydrogens (tertiary/aromatic N) is 5. The third kappa shape index (κ3) is 4.48.